The predicted molar refractivity (Wildman–Crippen MR) is 53.4 cm³/mol. The van der Waals surface area contributed by atoms with Gasteiger partial charge in [0.15, 0.2) is 11.1 Å². The van der Waals surface area contributed by atoms with Gasteiger partial charge in [-0.1, -0.05) is 12.1 Å². The number of benzene rings is 1. The van der Waals surface area contributed by atoms with E-state index in [0.29, 0.717) is 4.90 Å². The van der Waals surface area contributed by atoms with Crippen molar-refractivity contribution in [3.63, 3.8) is 0 Å². The Hall–Kier alpha value is -0.710. The second-order valence-electron chi connectivity index (χ2n) is 3.32. The highest BCUT2D eigenvalue weighted by Crippen LogP contribution is 2.28. The number of hydrogen-bond donors (Lipinski definition) is 1. The van der Waals surface area contributed by atoms with Gasteiger partial charge in [-0.25, -0.2) is 4.21 Å². The van der Waals surface area contributed by atoms with E-state index in [1.165, 1.54) is 0 Å². The molecule has 0 saturated carbocycles. The molecule has 1 fully saturated rings. The third-order valence-corrected chi connectivity index (χ3v) is 3.06. The third-order valence-electron chi connectivity index (χ3n) is 2.38. The summed E-state index contributed by atoms with van der Waals surface area (Å²) in [4.78, 5) is 0.437. The van der Waals surface area contributed by atoms with Gasteiger partial charge in [-0.05, 0) is 30.5 Å². The smallest absolute Gasteiger partial charge is 0.186 e. The Balaban J connectivity index is 2.16. The maximum atomic E-state index is 10.7. The maximum absolute atomic E-state index is 10.7. The normalized spacial score (nSPS) is 23.6. The van der Waals surface area contributed by atoms with Crippen molar-refractivity contribution in [3.8, 4) is 0 Å². The van der Waals surface area contributed by atoms with Crippen LogP contribution in [0.5, 0.6) is 0 Å². The van der Waals surface area contributed by atoms with E-state index in [1.54, 1.807) is 12.1 Å². The lowest BCUT2D eigenvalue weighted by molar-refractivity contribution is 0.112. The molecule has 1 saturated heterocycles. The van der Waals surface area contributed by atoms with Gasteiger partial charge in [0.05, 0.1) is 11.0 Å². The molecule has 14 heavy (non-hydrogen) atoms. The Labute approximate surface area is 85.4 Å². The van der Waals surface area contributed by atoms with Gasteiger partial charge in [0, 0.05) is 6.61 Å². The minimum absolute atomic E-state index is 0.177. The van der Waals surface area contributed by atoms with Crippen molar-refractivity contribution in [2.75, 3.05) is 6.61 Å². The highest BCUT2D eigenvalue weighted by molar-refractivity contribution is 7.79. The zero-order valence-electron chi connectivity index (χ0n) is 7.68. The van der Waals surface area contributed by atoms with Crippen molar-refractivity contribution in [2.24, 2.45) is 0 Å². The summed E-state index contributed by atoms with van der Waals surface area (Å²) >= 11 is -1.88. The molecule has 76 valence electrons. The molecule has 2 rings (SSSR count). The summed E-state index contributed by atoms with van der Waals surface area (Å²) in [6.07, 6.45) is 2.32. The summed E-state index contributed by atoms with van der Waals surface area (Å²) in [5.74, 6) is 0. The van der Waals surface area contributed by atoms with Crippen LogP contribution in [0.4, 0.5) is 0 Å². The summed E-state index contributed by atoms with van der Waals surface area (Å²) in [6, 6.07) is 7.07. The SMILES string of the molecule is O=S(O)c1ccc(C2CCCO2)cc1. The van der Waals surface area contributed by atoms with Crippen LogP contribution in [-0.4, -0.2) is 15.4 Å². The Morgan fingerprint density at radius 3 is 2.57 bits per heavy atom. The average Bonchev–Trinajstić information content (AvgIpc) is 2.71. The van der Waals surface area contributed by atoms with Crippen LogP contribution in [0.2, 0.25) is 0 Å². The van der Waals surface area contributed by atoms with E-state index in [1.807, 2.05) is 12.1 Å². The molecule has 0 amide bonds. The highest BCUT2D eigenvalue weighted by atomic mass is 32.2. The summed E-state index contributed by atoms with van der Waals surface area (Å²) in [7, 11) is 0. The van der Waals surface area contributed by atoms with Gasteiger partial charge >= 0.3 is 0 Å². The second kappa shape index (κ2) is 4.21. The summed E-state index contributed by atoms with van der Waals surface area (Å²) in [5, 5.41) is 0. The van der Waals surface area contributed by atoms with Gasteiger partial charge in [0.1, 0.15) is 0 Å². The molecule has 1 aliphatic heterocycles. The van der Waals surface area contributed by atoms with Gasteiger partial charge < -0.3 is 9.29 Å². The lowest BCUT2D eigenvalue weighted by Crippen LogP contribution is -1.96. The lowest BCUT2D eigenvalue weighted by atomic mass is 10.1. The minimum Gasteiger partial charge on any atom is -0.374 e. The molecule has 4 heteroatoms. The van der Waals surface area contributed by atoms with Crippen molar-refractivity contribution in [3.05, 3.63) is 29.8 Å². The van der Waals surface area contributed by atoms with E-state index in [-0.39, 0.29) is 6.10 Å². The molecule has 3 nitrogen and oxygen atoms in total. The molecule has 1 aromatic rings. The van der Waals surface area contributed by atoms with Crippen LogP contribution in [0.3, 0.4) is 0 Å². The van der Waals surface area contributed by atoms with E-state index < -0.39 is 11.1 Å². The fraction of sp³-hybridized carbons (Fsp3) is 0.400. The molecule has 1 heterocycles. The van der Waals surface area contributed by atoms with Gasteiger partial charge in [-0.2, -0.15) is 0 Å². The van der Waals surface area contributed by atoms with E-state index >= 15 is 0 Å². The number of ether oxygens (including phenoxy) is 1. The first-order valence-corrected chi connectivity index (χ1v) is 5.70. The lowest BCUT2D eigenvalue weighted by Gasteiger charge is -2.09. The fourth-order valence-electron chi connectivity index (χ4n) is 1.64. The first-order chi connectivity index (χ1) is 6.77. The van der Waals surface area contributed by atoms with Gasteiger partial charge in [0.25, 0.3) is 0 Å². The summed E-state index contributed by atoms with van der Waals surface area (Å²) in [5.41, 5.74) is 1.09. The van der Waals surface area contributed by atoms with E-state index in [2.05, 4.69) is 0 Å². The highest BCUT2D eigenvalue weighted by Gasteiger charge is 2.17. The summed E-state index contributed by atoms with van der Waals surface area (Å²) in [6.45, 7) is 0.818. The monoisotopic (exact) mass is 212 g/mol. The molecule has 0 radical (unpaired) electrons. The molecule has 0 spiro atoms. The molecule has 2 atom stereocenters. The second-order valence-corrected chi connectivity index (χ2v) is 4.29. The number of hydrogen-bond acceptors (Lipinski definition) is 2. The van der Waals surface area contributed by atoms with E-state index in [0.717, 1.165) is 25.0 Å². The van der Waals surface area contributed by atoms with E-state index in [9.17, 15) is 4.21 Å². The zero-order valence-corrected chi connectivity index (χ0v) is 8.50. The molecule has 0 aromatic heterocycles. The molecule has 1 N–H and O–H groups in total. The molecule has 2 unspecified atom stereocenters. The molecule has 0 bridgehead atoms. The predicted octanol–water partition coefficient (Wildman–Crippen LogP) is 2.12. The van der Waals surface area contributed by atoms with Crippen molar-refractivity contribution in [1.29, 1.82) is 0 Å². The fourth-order valence-corrected chi connectivity index (χ4v) is 2.01. The molecule has 0 aliphatic carbocycles. The van der Waals surface area contributed by atoms with Gasteiger partial charge in [-0.15, -0.1) is 0 Å². The van der Waals surface area contributed by atoms with Gasteiger partial charge in [-0.3, -0.25) is 0 Å². The largest absolute Gasteiger partial charge is 0.374 e. The minimum atomic E-state index is -1.88. The standard InChI is InChI=1S/C10H12O3S/c11-14(12)9-5-3-8(4-6-9)10-2-1-7-13-10/h3-6,10H,1-2,7H2,(H,11,12). The van der Waals surface area contributed by atoms with Crippen molar-refractivity contribution >= 4 is 11.1 Å². The van der Waals surface area contributed by atoms with Crippen LogP contribution in [-0.2, 0) is 15.8 Å². The van der Waals surface area contributed by atoms with Crippen LogP contribution in [0, 0.1) is 0 Å². The first-order valence-electron chi connectivity index (χ1n) is 4.60. The first kappa shape index (κ1) is 9.83. The Kier molecular flexibility index (Phi) is 2.96. The van der Waals surface area contributed by atoms with Crippen LogP contribution >= 0.6 is 0 Å². The topological polar surface area (TPSA) is 46.5 Å². The van der Waals surface area contributed by atoms with Gasteiger partial charge in [0.2, 0.25) is 0 Å². The Bertz CT molecular complexity index is 328. The van der Waals surface area contributed by atoms with Crippen molar-refractivity contribution in [1.82, 2.24) is 0 Å². The summed E-state index contributed by atoms with van der Waals surface area (Å²) < 4.78 is 25.0. The van der Waals surface area contributed by atoms with Crippen molar-refractivity contribution in [2.45, 2.75) is 23.8 Å². The van der Waals surface area contributed by atoms with Crippen LogP contribution in [0.25, 0.3) is 0 Å². The molecular weight excluding hydrogens is 200 g/mol. The van der Waals surface area contributed by atoms with Crippen LogP contribution in [0.15, 0.2) is 29.2 Å². The molecule has 1 aliphatic rings. The van der Waals surface area contributed by atoms with Crippen LogP contribution < -0.4 is 0 Å². The maximum Gasteiger partial charge on any atom is 0.186 e. The zero-order chi connectivity index (χ0) is 9.97. The number of rotatable bonds is 2. The quantitative estimate of drug-likeness (QED) is 0.764. The third kappa shape index (κ3) is 2.03. The molecule has 1 aromatic carbocycles. The van der Waals surface area contributed by atoms with Crippen molar-refractivity contribution < 1.29 is 13.5 Å². The molecular formula is C10H12O3S. The Morgan fingerprint density at radius 2 is 2.07 bits per heavy atom. The average molecular weight is 212 g/mol. The Morgan fingerprint density at radius 1 is 1.36 bits per heavy atom. The van der Waals surface area contributed by atoms with E-state index in [4.69, 9.17) is 9.29 Å². The van der Waals surface area contributed by atoms with Crippen LogP contribution in [0.1, 0.15) is 24.5 Å².